The molecule has 1 saturated carbocycles. The zero-order valence-corrected chi connectivity index (χ0v) is 21.7. The van der Waals surface area contributed by atoms with Gasteiger partial charge in [0.25, 0.3) is 10.0 Å². The number of pyridine rings is 1. The van der Waals surface area contributed by atoms with Gasteiger partial charge < -0.3 is 5.32 Å². The second kappa shape index (κ2) is 9.79. The van der Waals surface area contributed by atoms with Crippen molar-refractivity contribution in [1.82, 2.24) is 14.9 Å². The van der Waals surface area contributed by atoms with Crippen molar-refractivity contribution in [3.8, 4) is 0 Å². The van der Waals surface area contributed by atoms with Crippen molar-refractivity contribution in [1.29, 1.82) is 0 Å². The number of nitrogens with one attached hydrogen (secondary N) is 2. The molecule has 0 saturated heterocycles. The van der Waals surface area contributed by atoms with E-state index < -0.39 is 20.9 Å². The average molecular weight is 522 g/mol. The highest BCUT2D eigenvalue weighted by Crippen LogP contribution is 2.43. The van der Waals surface area contributed by atoms with Crippen molar-refractivity contribution in [2.75, 3.05) is 17.1 Å². The lowest BCUT2D eigenvalue weighted by atomic mass is 10.0. The molecule has 7 nitrogen and oxygen atoms in total. The molecule has 2 aromatic heterocycles. The van der Waals surface area contributed by atoms with Crippen molar-refractivity contribution < 1.29 is 17.2 Å². The van der Waals surface area contributed by atoms with Crippen LogP contribution in [0.4, 0.5) is 20.3 Å². The third-order valence-corrected chi connectivity index (χ3v) is 7.95. The van der Waals surface area contributed by atoms with Gasteiger partial charge in [-0.3, -0.25) is 9.62 Å². The van der Waals surface area contributed by atoms with Crippen molar-refractivity contribution in [2.24, 2.45) is 0 Å². The van der Waals surface area contributed by atoms with Crippen LogP contribution in [0.5, 0.6) is 0 Å². The first-order valence-corrected chi connectivity index (χ1v) is 13.7. The molecule has 3 aromatic rings. The van der Waals surface area contributed by atoms with Crippen molar-refractivity contribution in [3.63, 3.8) is 0 Å². The number of hydrogen-bond donors (Lipinski definition) is 2. The molecular weight excluding hydrogens is 492 g/mol. The van der Waals surface area contributed by atoms with Crippen LogP contribution in [0.3, 0.4) is 0 Å². The summed E-state index contributed by atoms with van der Waals surface area (Å²) in [5.41, 5.74) is 3.51. The fourth-order valence-corrected chi connectivity index (χ4v) is 5.13. The fraction of sp³-hybridized carbons (Fsp3) is 0.417. The molecule has 0 atom stereocenters. The average Bonchev–Trinajstić information content (AvgIpc) is 3.49. The second-order valence-electron chi connectivity index (χ2n) is 9.72. The molecule has 2 heterocycles. The molecule has 2 N–H and O–H groups in total. The predicted octanol–water partition coefficient (Wildman–Crippen LogP) is 5.34. The first kappa shape index (κ1) is 25.5. The van der Waals surface area contributed by atoms with E-state index in [1.54, 1.807) is 6.07 Å². The van der Waals surface area contributed by atoms with E-state index in [4.69, 9.17) is 0 Å². The van der Waals surface area contributed by atoms with Crippen molar-refractivity contribution >= 4 is 32.9 Å². The number of rotatable bonds is 9. The predicted molar refractivity (Wildman–Crippen MR) is 134 cm³/mol. The van der Waals surface area contributed by atoms with Gasteiger partial charge in [0, 0.05) is 41.6 Å². The Labute approximate surface area is 208 Å². The van der Waals surface area contributed by atoms with E-state index in [2.05, 4.69) is 45.7 Å². The molecule has 0 radical (unpaired) electrons. The second-order valence-corrected chi connectivity index (χ2v) is 12.0. The molecule has 0 unspecified atom stereocenters. The van der Waals surface area contributed by atoms with E-state index in [1.165, 1.54) is 28.3 Å². The maximum atomic E-state index is 15.0. The summed E-state index contributed by atoms with van der Waals surface area (Å²) in [4.78, 5) is 10.2. The highest BCUT2D eigenvalue weighted by molar-refractivity contribution is 7.92. The lowest BCUT2D eigenvalue weighted by Gasteiger charge is -2.32. The normalized spacial score (nSPS) is 14.4. The smallest absolute Gasteiger partial charge is 0.283 e. The summed E-state index contributed by atoms with van der Waals surface area (Å²) in [7, 11) is -2.27. The molecule has 4 rings (SSSR count). The van der Waals surface area contributed by atoms with E-state index in [0.717, 1.165) is 24.5 Å². The molecule has 0 spiro atoms. The molecule has 0 aliphatic heterocycles. The molecule has 1 aromatic carbocycles. The summed E-state index contributed by atoms with van der Waals surface area (Å²) in [6, 6.07) is 6.09. The summed E-state index contributed by atoms with van der Waals surface area (Å²) in [6.45, 7) is 6.91. The highest BCUT2D eigenvalue weighted by atomic mass is 32.2. The van der Waals surface area contributed by atoms with Crippen LogP contribution in [-0.4, -0.2) is 35.9 Å². The Morgan fingerprint density at radius 2 is 1.94 bits per heavy atom. The van der Waals surface area contributed by atoms with Crippen LogP contribution < -0.4 is 10.0 Å². The summed E-state index contributed by atoms with van der Waals surface area (Å²) in [6.07, 6.45) is 1.65. The standard InChI is InChI=1S/C24H29F2N5O2S2/c1-24(2,3)31(4)12-16-6-5-7-18(25)17(16)11-27-20-10-19(26)23(29-22(20)15-8-9-15)35(32,33)30-21-13-34-14-28-21/h5-7,10,13-15,27,30H,8-9,11-12H2,1-4H3. The van der Waals surface area contributed by atoms with Gasteiger partial charge in [0.2, 0.25) is 5.03 Å². The molecular formula is C24H29F2N5O2S2. The van der Waals surface area contributed by atoms with E-state index in [1.807, 2.05) is 13.1 Å². The number of aromatic nitrogens is 2. The number of sulfonamides is 1. The number of anilines is 2. The minimum absolute atomic E-state index is 0.0263. The number of thiazole rings is 1. The van der Waals surface area contributed by atoms with E-state index in [-0.39, 0.29) is 29.6 Å². The zero-order valence-electron chi connectivity index (χ0n) is 20.1. The lowest BCUT2D eigenvalue weighted by molar-refractivity contribution is 0.167. The molecule has 0 amide bonds. The summed E-state index contributed by atoms with van der Waals surface area (Å²) in [5, 5.41) is 3.96. The van der Waals surface area contributed by atoms with Gasteiger partial charge in [0.15, 0.2) is 11.6 Å². The Morgan fingerprint density at radius 3 is 2.57 bits per heavy atom. The summed E-state index contributed by atoms with van der Waals surface area (Å²) >= 11 is 1.22. The Bertz CT molecular complexity index is 1300. The molecule has 1 aliphatic rings. The molecule has 0 bridgehead atoms. The Balaban J connectivity index is 1.61. The molecule has 35 heavy (non-hydrogen) atoms. The number of benzene rings is 1. The quantitative estimate of drug-likeness (QED) is 0.395. The van der Waals surface area contributed by atoms with Gasteiger partial charge in [-0.2, -0.15) is 8.42 Å². The van der Waals surface area contributed by atoms with E-state index in [9.17, 15) is 12.8 Å². The van der Waals surface area contributed by atoms with Gasteiger partial charge in [-0.1, -0.05) is 12.1 Å². The van der Waals surface area contributed by atoms with Crippen LogP contribution >= 0.6 is 11.3 Å². The Kier molecular flexibility index (Phi) is 7.12. The lowest BCUT2D eigenvalue weighted by Crippen LogP contribution is -2.37. The largest absolute Gasteiger partial charge is 0.379 e. The van der Waals surface area contributed by atoms with Crippen LogP contribution in [0.25, 0.3) is 0 Å². The number of nitrogens with zero attached hydrogens (tertiary/aromatic N) is 3. The SMILES string of the molecule is CN(Cc1cccc(F)c1CNc1cc(F)c(S(=O)(=O)Nc2cscn2)nc1C1CC1)C(C)(C)C. The summed E-state index contributed by atoms with van der Waals surface area (Å²) < 4.78 is 57.6. The summed E-state index contributed by atoms with van der Waals surface area (Å²) in [5.74, 6) is -1.21. The van der Waals surface area contributed by atoms with Gasteiger partial charge in [-0.25, -0.2) is 18.7 Å². The minimum atomic E-state index is -4.25. The van der Waals surface area contributed by atoms with Gasteiger partial charge in [0.1, 0.15) is 5.82 Å². The van der Waals surface area contributed by atoms with E-state index in [0.29, 0.717) is 23.5 Å². The first-order valence-electron chi connectivity index (χ1n) is 11.3. The monoisotopic (exact) mass is 521 g/mol. The molecule has 1 aliphatic carbocycles. The Morgan fingerprint density at radius 1 is 1.20 bits per heavy atom. The van der Waals surface area contributed by atoms with Crippen LogP contribution in [0, 0.1) is 11.6 Å². The third-order valence-electron chi connectivity index (χ3n) is 6.09. The molecule has 1 fully saturated rings. The van der Waals surface area contributed by atoms with Gasteiger partial charge in [-0.05, 0) is 52.3 Å². The maximum absolute atomic E-state index is 15.0. The van der Waals surface area contributed by atoms with Crippen LogP contribution in [0.2, 0.25) is 0 Å². The topological polar surface area (TPSA) is 87.2 Å². The van der Waals surface area contributed by atoms with Crippen molar-refractivity contribution in [3.05, 3.63) is 63.6 Å². The molecule has 188 valence electrons. The minimum Gasteiger partial charge on any atom is -0.379 e. The van der Waals surface area contributed by atoms with Gasteiger partial charge in [0.05, 0.1) is 16.9 Å². The van der Waals surface area contributed by atoms with E-state index >= 15 is 4.39 Å². The van der Waals surface area contributed by atoms with Gasteiger partial charge in [-0.15, -0.1) is 11.3 Å². The first-order chi connectivity index (χ1) is 16.5. The maximum Gasteiger partial charge on any atom is 0.283 e. The zero-order chi connectivity index (χ0) is 25.4. The fourth-order valence-electron chi connectivity index (χ4n) is 3.56. The van der Waals surface area contributed by atoms with Crippen molar-refractivity contribution in [2.45, 2.75) is 63.2 Å². The number of hydrogen-bond acceptors (Lipinski definition) is 7. The van der Waals surface area contributed by atoms with Crippen LogP contribution in [-0.2, 0) is 23.1 Å². The Hall–Kier alpha value is -2.63. The number of halogens is 2. The highest BCUT2D eigenvalue weighted by Gasteiger charge is 2.32. The van der Waals surface area contributed by atoms with Crippen LogP contribution in [0.1, 0.15) is 56.4 Å². The third kappa shape index (κ3) is 5.96. The van der Waals surface area contributed by atoms with Gasteiger partial charge >= 0.3 is 0 Å². The van der Waals surface area contributed by atoms with Crippen LogP contribution in [0.15, 0.2) is 40.2 Å². The molecule has 11 heteroatoms.